The highest BCUT2D eigenvalue weighted by molar-refractivity contribution is 5.79. The first-order chi connectivity index (χ1) is 11.2. The number of nitrogens with one attached hydrogen (secondary N) is 1. The summed E-state index contributed by atoms with van der Waals surface area (Å²) in [6.07, 6.45) is 2.11. The molecule has 1 saturated heterocycles. The van der Waals surface area contributed by atoms with Gasteiger partial charge in [-0.25, -0.2) is 9.61 Å². The zero-order valence-corrected chi connectivity index (χ0v) is 12.8. The summed E-state index contributed by atoms with van der Waals surface area (Å²) in [7, 11) is 0. The van der Waals surface area contributed by atoms with Gasteiger partial charge in [0, 0.05) is 6.54 Å². The van der Waals surface area contributed by atoms with Gasteiger partial charge in [-0.05, 0) is 31.9 Å². The molecular formula is C16H17N5O2. The summed E-state index contributed by atoms with van der Waals surface area (Å²) in [4.78, 5) is 22.5. The molecule has 3 aromatic rings. The van der Waals surface area contributed by atoms with Gasteiger partial charge in [0.15, 0.2) is 0 Å². The van der Waals surface area contributed by atoms with Crippen molar-refractivity contribution >= 4 is 16.9 Å². The van der Waals surface area contributed by atoms with Gasteiger partial charge in [0.1, 0.15) is 17.2 Å². The first kappa shape index (κ1) is 13.9. The van der Waals surface area contributed by atoms with Gasteiger partial charge in [0.2, 0.25) is 5.91 Å². The number of fused-ring (bicyclic) bond motifs is 1. The highest BCUT2D eigenvalue weighted by Gasteiger charge is 2.32. The number of nitrogens with zero attached hydrogens (tertiary/aromatic N) is 4. The van der Waals surface area contributed by atoms with Gasteiger partial charge < -0.3 is 9.88 Å². The number of benzene rings is 1. The predicted molar refractivity (Wildman–Crippen MR) is 82.5 cm³/mol. The average Bonchev–Trinajstić information content (AvgIpc) is 3.26. The Bertz CT molecular complexity index is 820. The van der Waals surface area contributed by atoms with Crippen LogP contribution in [0.3, 0.4) is 0 Å². The maximum absolute atomic E-state index is 12.6. The highest BCUT2D eigenvalue weighted by atomic mass is 16.6. The number of hydrogen-bond acceptors (Lipinski definition) is 5. The number of hydrogen-bond donors (Lipinski definition) is 1. The lowest BCUT2D eigenvalue weighted by molar-refractivity contribution is -0.131. The summed E-state index contributed by atoms with van der Waals surface area (Å²) in [6.45, 7) is 2.53. The maximum atomic E-state index is 12.6. The first-order valence-electron chi connectivity index (χ1n) is 7.74. The molecule has 1 fully saturated rings. The number of carbonyl (C=O) groups excluding carboxylic acids is 1. The van der Waals surface area contributed by atoms with Crippen LogP contribution in [-0.2, 0) is 11.2 Å². The molecule has 0 saturated carbocycles. The molecule has 0 aliphatic carbocycles. The number of likely N-dealkylation sites (tertiary alicyclic amines) is 1. The molecule has 1 N–H and O–H groups in total. The van der Waals surface area contributed by atoms with Crippen molar-refractivity contribution in [3.63, 3.8) is 0 Å². The quantitative estimate of drug-likeness (QED) is 0.801. The summed E-state index contributed by atoms with van der Waals surface area (Å²) in [5.74, 6) is 0.888. The van der Waals surface area contributed by atoms with E-state index in [0.29, 0.717) is 11.4 Å². The summed E-state index contributed by atoms with van der Waals surface area (Å²) >= 11 is 0. The lowest BCUT2D eigenvalue weighted by atomic mass is 10.2. The Morgan fingerprint density at radius 2 is 2.26 bits per heavy atom. The molecule has 7 heteroatoms. The fourth-order valence-electron chi connectivity index (χ4n) is 3.13. The average molecular weight is 311 g/mol. The van der Waals surface area contributed by atoms with E-state index in [1.54, 1.807) is 6.92 Å². The van der Waals surface area contributed by atoms with Crippen LogP contribution in [0.4, 0.5) is 0 Å². The zero-order valence-electron chi connectivity index (χ0n) is 12.8. The van der Waals surface area contributed by atoms with Crippen molar-refractivity contribution in [3.05, 3.63) is 41.5 Å². The van der Waals surface area contributed by atoms with E-state index in [4.69, 9.17) is 0 Å². The molecule has 0 radical (unpaired) electrons. The number of aromatic amines is 1. The Kier molecular flexibility index (Phi) is 3.33. The normalized spacial score (nSPS) is 18.0. The van der Waals surface area contributed by atoms with Crippen LogP contribution in [-0.4, -0.2) is 37.6 Å². The predicted octanol–water partition coefficient (Wildman–Crippen LogP) is 2.16. The standard InChI is InChI=1S/C16H17N5O2/c1-10-13(20-23-19-10)9-15(22)21-8-4-7-14(21)16-17-11-5-2-3-6-12(11)18-16/h2-3,5-6,14H,4,7-9H2,1H3,(H,17,18). The third kappa shape index (κ3) is 2.48. The molecule has 4 rings (SSSR count). The van der Waals surface area contributed by atoms with Crippen molar-refractivity contribution in [1.29, 1.82) is 0 Å². The Morgan fingerprint density at radius 1 is 1.39 bits per heavy atom. The van der Waals surface area contributed by atoms with Gasteiger partial charge in [0.05, 0.1) is 23.5 Å². The minimum absolute atomic E-state index is 0.00457. The van der Waals surface area contributed by atoms with Gasteiger partial charge in [0.25, 0.3) is 0 Å². The van der Waals surface area contributed by atoms with Crippen molar-refractivity contribution in [3.8, 4) is 0 Å². The van der Waals surface area contributed by atoms with Gasteiger partial charge in [-0.1, -0.05) is 22.4 Å². The van der Waals surface area contributed by atoms with E-state index >= 15 is 0 Å². The third-order valence-corrected chi connectivity index (χ3v) is 4.36. The number of rotatable bonds is 3. The van der Waals surface area contributed by atoms with Crippen LogP contribution in [0.1, 0.15) is 36.1 Å². The van der Waals surface area contributed by atoms with Gasteiger partial charge in [-0.2, -0.15) is 0 Å². The second-order valence-corrected chi connectivity index (χ2v) is 5.86. The van der Waals surface area contributed by atoms with E-state index in [1.807, 2.05) is 29.2 Å². The SMILES string of the molecule is Cc1nonc1CC(=O)N1CCCC1c1nc2ccccc2[nH]1. The van der Waals surface area contributed by atoms with Crippen LogP contribution in [0.2, 0.25) is 0 Å². The van der Waals surface area contributed by atoms with Gasteiger partial charge in [-0.15, -0.1) is 0 Å². The number of aryl methyl sites for hydroxylation is 1. The monoisotopic (exact) mass is 311 g/mol. The Labute approximate surface area is 132 Å². The molecule has 23 heavy (non-hydrogen) atoms. The number of aromatic nitrogens is 4. The number of amides is 1. The molecule has 1 atom stereocenters. The minimum Gasteiger partial charge on any atom is -0.340 e. The fraction of sp³-hybridized carbons (Fsp3) is 0.375. The number of para-hydroxylation sites is 2. The van der Waals surface area contributed by atoms with Crippen molar-refractivity contribution in [2.45, 2.75) is 32.2 Å². The molecular weight excluding hydrogens is 294 g/mol. The summed E-state index contributed by atoms with van der Waals surface area (Å²) in [5.41, 5.74) is 3.19. The lowest BCUT2D eigenvalue weighted by Crippen LogP contribution is -2.32. The molecule has 0 bridgehead atoms. The van der Waals surface area contributed by atoms with Gasteiger partial charge in [-0.3, -0.25) is 4.79 Å². The summed E-state index contributed by atoms with van der Waals surface area (Å²) in [6, 6.07) is 7.90. The number of imidazole rings is 1. The minimum atomic E-state index is -0.00457. The summed E-state index contributed by atoms with van der Waals surface area (Å²) < 4.78 is 4.67. The van der Waals surface area contributed by atoms with Crippen molar-refractivity contribution < 1.29 is 9.42 Å². The molecule has 7 nitrogen and oxygen atoms in total. The molecule has 1 amide bonds. The number of H-pyrrole nitrogens is 1. The van der Waals surface area contributed by atoms with Crippen molar-refractivity contribution in [1.82, 2.24) is 25.2 Å². The lowest BCUT2D eigenvalue weighted by Gasteiger charge is -2.22. The third-order valence-electron chi connectivity index (χ3n) is 4.36. The van der Waals surface area contributed by atoms with Crippen molar-refractivity contribution in [2.75, 3.05) is 6.54 Å². The molecule has 3 heterocycles. The molecule has 2 aromatic heterocycles. The molecule has 1 unspecified atom stereocenters. The van der Waals surface area contributed by atoms with Crippen LogP contribution < -0.4 is 0 Å². The number of carbonyl (C=O) groups is 1. The molecule has 1 aliphatic heterocycles. The smallest absolute Gasteiger partial charge is 0.229 e. The topological polar surface area (TPSA) is 87.9 Å². The fourth-order valence-corrected chi connectivity index (χ4v) is 3.13. The van der Waals surface area contributed by atoms with Crippen LogP contribution in [0.15, 0.2) is 28.9 Å². The highest BCUT2D eigenvalue weighted by Crippen LogP contribution is 2.31. The van der Waals surface area contributed by atoms with E-state index in [9.17, 15) is 4.79 Å². The van der Waals surface area contributed by atoms with E-state index in [1.165, 1.54) is 0 Å². The van der Waals surface area contributed by atoms with E-state index in [0.717, 1.165) is 36.2 Å². The molecule has 118 valence electrons. The Morgan fingerprint density at radius 3 is 3.04 bits per heavy atom. The molecule has 1 aromatic carbocycles. The van der Waals surface area contributed by atoms with Crippen molar-refractivity contribution in [2.24, 2.45) is 0 Å². The second-order valence-electron chi connectivity index (χ2n) is 5.86. The van der Waals surface area contributed by atoms with Crippen LogP contribution in [0.25, 0.3) is 11.0 Å². The van der Waals surface area contributed by atoms with E-state index < -0.39 is 0 Å². The van der Waals surface area contributed by atoms with Crippen LogP contribution in [0.5, 0.6) is 0 Å². The molecule has 0 spiro atoms. The van der Waals surface area contributed by atoms with E-state index in [2.05, 4.69) is 24.9 Å². The van der Waals surface area contributed by atoms with Crippen LogP contribution in [0, 0.1) is 6.92 Å². The van der Waals surface area contributed by atoms with E-state index in [-0.39, 0.29) is 18.4 Å². The summed E-state index contributed by atoms with van der Waals surface area (Å²) in [5, 5.41) is 7.53. The maximum Gasteiger partial charge on any atom is 0.229 e. The first-order valence-corrected chi connectivity index (χ1v) is 7.74. The van der Waals surface area contributed by atoms with Gasteiger partial charge >= 0.3 is 0 Å². The van der Waals surface area contributed by atoms with Crippen LogP contribution >= 0.6 is 0 Å². The zero-order chi connectivity index (χ0) is 15.8. The Balaban J connectivity index is 1.58. The Hall–Kier alpha value is -2.70. The largest absolute Gasteiger partial charge is 0.340 e. The molecule has 1 aliphatic rings. The second kappa shape index (κ2) is 5.49.